The second-order valence-corrected chi connectivity index (χ2v) is 5.35. The molecule has 0 unspecified atom stereocenters. The van der Waals surface area contributed by atoms with Crippen LogP contribution < -0.4 is 0 Å². The first-order valence-electron chi connectivity index (χ1n) is 7.07. The fourth-order valence-corrected chi connectivity index (χ4v) is 2.70. The van der Waals surface area contributed by atoms with Gasteiger partial charge < -0.3 is 10.2 Å². The summed E-state index contributed by atoms with van der Waals surface area (Å²) in [5.74, 6) is -1.26. The van der Waals surface area contributed by atoms with Crippen LogP contribution in [-0.2, 0) is 27.0 Å². The summed E-state index contributed by atoms with van der Waals surface area (Å²) in [5, 5.41) is 17.1. The first-order valence-corrected chi connectivity index (χ1v) is 7.07. The Morgan fingerprint density at radius 2 is 0.895 bits per heavy atom. The summed E-state index contributed by atoms with van der Waals surface area (Å²) in [7, 11) is 0. The Balaban J connectivity index is 0.000000324. The van der Waals surface area contributed by atoms with Crippen LogP contribution in [0.4, 0.5) is 0 Å². The maximum atomic E-state index is 10.4. The number of carbonyl (C=O) groups is 2. The standard InChI is InChI=1S/2C7H12O2.Cr/c2*8-7(9)6-4-2-1-3-5-6;/h2*6H,1-5H2,(H,8,9);. The van der Waals surface area contributed by atoms with E-state index in [-0.39, 0.29) is 29.2 Å². The predicted molar refractivity (Wildman–Crippen MR) is 68.4 cm³/mol. The van der Waals surface area contributed by atoms with E-state index in [1.165, 1.54) is 12.8 Å². The fraction of sp³-hybridized carbons (Fsp3) is 0.857. The third-order valence-corrected chi connectivity index (χ3v) is 3.91. The first kappa shape index (κ1) is 18.5. The van der Waals surface area contributed by atoms with Crippen molar-refractivity contribution >= 4 is 11.9 Å². The van der Waals surface area contributed by atoms with Crippen LogP contribution in [0.5, 0.6) is 0 Å². The first-order chi connectivity index (χ1) is 8.61. The Morgan fingerprint density at radius 1 is 0.632 bits per heavy atom. The zero-order valence-electron chi connectivity index (χ0n) is 11.3. The average Bonchev–Trinajstić information content (AvgIpc) is 2.41. The van der Waals surface area contributed by atoms with E-state index in [2.05, 4.69) is 0 Å². The minimum atomic E-state index is -0.602. The predicted octanol–water partition coefficient (Wildman–Crippen LogP) is 3.30. The van der Waals surface area contributed by atoms with Gasteiger partial charge in [0, 0.05) is 17.4 Å². The fourth-order valence-electron chi connectivity index (χ4n) is 2.70. The molecule has 2 fully saturated rings. The van der Waals surface area contributed by atoms with Gasteiger partial charge in [-0.15, -0.1) is 0 Å². The van der Waals surface area contributed by atoms with Crippen molar-refractivity contribution in [3.8, 4) is 0 Å². The minimum Gasteiger partial charge on any atom is -0.481 e. The normalized spacial score (nSPS) is 20.6. The van der Waals surface area contributed by atoms with Crippen molar-refractivity contribution in [2.45, 2.75) is 64.2 Å². The van der Waals surface area contributed by atoms with E-state index in [1.807, 2.05) is 0 Å². The van der Waals surface area contributed by atoms with Gasteiger partial charge in [-0.25, -0.2) is 0 Å². The molecule has 0 radical (unpaired) electrons. The summed E-state index contributed by atoms with van der Waals surface area (Å²) >= 11 is 0. The molecule has 2 N–H and O–H groups in total. The molecule has 0 aromatic carbocycles. The van der Waals surface area contributed by atoms with Gasteiger partial charge >= 0.3 is 11.9 Å². The number of rotatable bonds is 2. The van der Waals surface area contributed by atoms with Crippen molar-refractivity contribution in [2.24, 2.45) is 11.8 Å². The third kappa shape index (κ3) is 7.59. The van der Waals surface area contributed by atoms with E-state index in [0.29, 0.717) is 0 Å². The molecule has 0 amide bonds. The van der Waals surface area contributed by atoms with Gasteiger partial charge in [0.15, 0.2) is 0 Å². The molecule has 2 aliphatic rings. The van der Waals surface area contributed by atoms with Crippen LogP contribution in [0.25, 0.3) is 0 Å². The number of carboxylic acids is 2. The molecule has 2 saturated carbocycles. The van der Waals surface area contributed by atoms with E-state index in [9.17, 15) is 9.59 Å². The summed E-state index contributed by atoms with van der Waals surface area (Å²) in [6, 6.07) is 0. The number of carboxylic acid groups (broad SMARTS) is 2. The molecule has 5 heteroatoms. The van der Waals surface area contributed by atoms with Crippen molar-refractivity contribution in [3.63, 3.8) is 0 Å². The third-order valence-electron chi connectivity index (χ3n) is 3.91. The van der Waals surface area contributed by atoms with Gasteiger partial charge in [0.1, 0.15) is 0 Å². The minimum absolute atomic E-state index is 0. The number of hydrogen-bond donors (Lipinski definition) is 2. The molecule has 0 saturated heterocycles. The average molecular weight is 308 g/mol. The van der Waals surface area contributed by atoms with Crippen LogP contribution in [0.15, 0.2) is 0 Å². The maximum Gasteiger partial charge on any atom is 0.306 e. The molecule has 0 atom stereocenters. The Kier molecular flexibility index (Phi) is 10.00. The molecular formula is C14H24CrO4. The second-order valence-electron chi connectivity index (χ2n) is 5.35. The Labute approximate surface area is 125 Å². The summed E-state index contributed by atoms with van der Waals surface area (Å²) in [6.45, 7) is 0. The molecule has 0 aromatic rings. The van der Waals surface area contributed by atoms with Crippen molar-refractivity contribution in [3.05, 3.63) is 0 Å². The van der Waals surface area contributed by atoms with E-state index >= 15 is 0 Å². The molecule has 2 rings (SSSR count). The molecule has 0 bridgehead atoms. The molecule has 0 aromatic heterocycles. The van der Waals surface area contributed by atoms with E-state index < -0.39 is 11.9 Å². The maximum absolute atomic E-state index is 10.4. The van der Waals surface area contributed by atoms with E-state index in [1.54, 1.807) is 0 Å². The summed E-state index contributed by atoms with van der Waals surface area (Å²) < 4.78 is 0. The molecule has 0 heterocycles. The monoisotopic (exact) mass is 308 g/mol. The quantitative estimate of drug-likeness (QED) is 0.821. The van der Waals surface area contributed by atoms with Crippen LogP contribution in [0, 0.1) is 11.8 Å². The Bertz CT molecular complexity index is 241. The number of aliphatic carboxylic acids is 2. The molecule has 2 aliphatic carbocycles. The summed E-state index contributed by atoms with van der Waals surface area (Å²) in [5.41, 5.74) is 0. The molecule has 19 heavy (non-hydrogen) atoms. The molecule has 0 spiro atoms. The van der Waals surface area contributed by atoms with Crippen molar-refractivity contribution in [2.75, 3.05) is 0 Å². The number of hydrogen-bond acceptors (Lipinski definition) is 2. The zero-order chi connectivity index (χ0) is 13.4. The summed E-state index contributed by atoms with van der Waals surface area (Å²) in [4.78, 5) is 20.7. The van der Waals surface area contributed by atoms with Crippen LogP contribution >= 0.6 is 0 Å². The Hall–Kier alpha value is -0.528. The smallest absolute Gasteiger partial charge is 0.306 e. The van der Waals surface area contributed by atoms with Gasteiger partial charge in [-0.2, -0.15) is 0 Å². The van der Waals surface area contributed by atoms with Gasteiger partial charge in [0.25, 0.3) is 0 Å². The SMILES string of the molecule is O=C(O)C1CCCCC1.O=C(O)C1CCCCC1.[Cr]. The van der Waals surface area contributed by atoms with Crippen LogP contribution in [0.1, 0.15) is 64.2 Å². The van der Waals surface area contributed by atoms with Gasteiger partial charge in [0.05, 0.1) is 11.8 Å². The molecular weight excluding hydrogens is 284 g/mol. The largest absolute Gasteiger partial charge is 0.481 e. The topological polar surface area (TPSA) is 74.6 Å². The van der Waals surface area contributed by atoms with Gasteiger partial charge in [0.2, 0.25) is 0 Å². The van der Waals surface area contributed by atoms with Crippen molar-refractivity contribution in [1.82, 2.24) is 0 Å². The summed E-state index contributed by atoms with van der Waals surface area (Å²) in [6.07, 6.45) is 10.5. The van der Waals surface area contributed by atoms with Gasteiger partial charge in [-0.1, -0.05) is 38.5 Å². The molecule has 4 nitrogen and oxygen atoms in total. The van der Waals surface area contributed by atoms with Crippen molar-refractivity contribution < 1.29 is 37.2 Å². The van der Waals surface area contributed by atoms with Gasteiger partial charge in [-0.3, -0.25) is 9.59 Å². The Morgan fingerprint density at radius 3 is 1.05 bits per heavy atom. The van der Waals surface area contributed by atoms with Crippen LogP contribution in [0.2, 0.25) is 0 Å². The van der Waals surface area contributed by atoms with E-state index in [4.69, 9.17) is 10.2 Å². The van der Waals surface area contributed by atoms with Gasteiger partial charge in [-0.05, 0) is 25.7 Å². The van der Waals surface area contributed by atoms with Crippen LogP contribution in [0.3, 0.4) is 0 Å². The van der Waals surface area contributed by atoms with Crippen LogP contribution in [-0.4, -0.2) is 22.2 Å². The van der Waals surface area contributed by atoms with Crippen molar-refractivity contribution in [1.29, 1.82) is 0 Å². The zero-order valence-corrected chi connectivity index (χ0v) is 12.6. The second kappa shape index (κ2) is 10.3. The van der Waals surface area contributed by atoms with E-state index in [0.717, 1.165) is 51.4 Å². The molecule has 0 aliphatic heterocycles. The molecule has 110 valence electrons.